The minimum Gasteiger partial charge on any atom is -0.370 e. The van der Waals surface area contributed by atoms with Gasteiger partial charge in [0, 0.05) is 30.6 Å². The Morgan fingerprint density at radius 2 is 1.96 bits per heavy atom. The van der Waals surface area contributed by atoms with Crippen LogP contribution in [-0.2, 0) is 6.42 Å². The third kappa shape index (κ3) is 4.26. The molecule has 0 spiro atoms. The lowest BCUT2D eigenvalue weighted by Crippen LogP contribution is -2.10. The van der Waals surface area contributed by atoms with Gasteiger partial charge in [0.05, 0.1) is 5.56 Å². The molecule has 0 aliphatic carbocycles. The third-order valence-electron chi connectivity index (χ3n) is 3.58. The molecule has 25 heavy (non-hydrogen) atoms. The van der Waals surface area contributed by atoms with E-state index >= 15 is 0 Å². The Labute approximate surface area is 142 Å². The topological polar surface area (TPSA) is 70.7 Å². The van der Waals surface area contributed by atoms with Crippen molar-refractivity contribution in [3.05, 3.63) is 75.8 Å². The van der Waals surface area contributed by atoms with E-state index in [2.05, 4.69) is 20.3 Å². The number of nitrogens with one attached hydrogen (secondary N) is 2. The number of hydrogen-bond acceptors (Lipinski definition) is 4. The summed E-state index contributed by atoms with van der Waals surface area (Å²) in [6.07, 6.45) is 2.22. The van der Waals surface area contributed by atoms with E-state index in [1.54, 1.807) is 19.2 Å². The van der Waals surface area contributed by atoms with Crippen LogP contribution >= 0.6 is 0 Å². The van der Waals surface area contributed by atoms with Crippen molar-refractivity contribution in [2.24, 2.45) is 0 Å². The van der Waals surface area contributed by atoms with E-state index < -0.39 is 11.6 Å². The van der Waals surface area contributed by atoms with Crippen LogP contribution in [0.15, 0.2) is 47.4 Å². The van der Waals surface area contributed by atoms with Crippen LogP contribution in [0.1, 0.15) is 11.3 Å². The summed E-state index contributed by atoms with van der Waals surface area (Å²) in [5.41, 5.74) is 1.38. The summed E-state index contributed by atoms with van der Waals surface area (Å²) in [6, 6.07) is 8.25. The van der Waals surface area contributed by atoms with Crippen molar-refractivity contribution < 1.29 is 8.78 Å². The van der Waals surface area contributed by atoms with Gasteiger partial charge in [-0.2, -0.15) is 0 Å². The quantitative estimate of drug-likeness (QED) is 0.748. The maximum absolute atomic E-state index is 13.9. The summed E-state index contributed by atoms with van der Waals surface area (Å²) in [5, 5.41) is 3.12. The summed E-state index contributed by atoms with van der Waals surface area (Å²) in [4.78, 5) is 22.3. The molecule has 0 unspecified atom stereocenters. The van der Waals surface area contributed by atoms with Gasteiger partial charge in [-0.3, -0.25) is 4.79 Å². The van der Waals surface area contributed by atoms with Gasteiger partial charge in [-0.15, -0.1) is 0 Å². The lowest BCUT2D eigenvalue weighted by Gasteiger charge is -2.09. The number of benzene rings is 1. The second kappa shape index (κ2) is 7.21. The van der Waals surface area contributed by atoms with Crippen LogP contribution in [-0.4, -0.2) is 21.5 Å². The first-order valence-electron chi connectivity index (χ1n) is 7.74. The van der Waals surface area contributed by atoms with E-state index in [4.69, 9.17) is 0 Å². The highest BCUT2D eigenvalue weighted by atomic mass is 19.1. The Morgan fingerprint density at radius 3 is 2.76 bits per heavy atom. The maximum Gasteiger partial charge on any atom is 0.248 e. The molecule has 0 aliphatic heterocycles. The minimum atomic E-state index is -0.582. The molecule has 2 aromatic heterocycles. The van der Waals surface area contributed by atoms with E-state index in [1.165, 1.54) is 6.07 Å². The second-order valence-electron chi connectivity index (χ2n) is 5.58. The Bertz CT molecular complexity index is 956. The fourth-order valence-corrected chi connectivity index (χ4v) is 2.43. The summed E-state index contributed by atoms with van der Waals surface area (Å²) < 4.78 is 27.3. The Kier molecular flexibility index (Phi) is 4.83. The number of aryl methyl sites for hydroxylation is 1. The number of aromatic nitrogens is 3. The molecule has 0 saturated carbocycles. The van der Waals surface area contributed by atoms with Crippen molar-refractivity contribution in [1.29, 1.82) is 0 Å². The molecule has 3 rings (SSSR count). The molecule has 2 N–H and O–H groups in total. The molecule has 7 heteroatoms. The number of hydrogen-bond donors (Lipinski definition) is 2. The third-order valence-corrected chi connectivity index (χ3v) is 3.58. The van der Waals surface area contributed by atoms with E-state index in [0.29, 0.717) is 24.5 Å². The van der Waals surface area contributed by atoms with Gasteiger partial charge in [-0.25, -0.2) is 18.7 Å². The Balaban J connectivity index is 1.77. The molecule has 128 valence electrons. The average molecular weight is 342 g/mol. The SMILES string of the molecule is Cc1cc(NCCc2cc[nH]c(=O)c2)nc(-c2cc(F)ccc2F)n1. The highest BCUT2D eigenvalue weighted by Gasteiger charge is 2.11. The first kappa shape index (κ1) is 16.8. The zero-order valence-electron chi connectivity index (χ0n) is 13.5. The zero-order valence-corrected chi connectivity index (χ0v) is 13.5. The second-order valence-corrected chi connectivity index (χ2v) is 5.58. The lowest BCUT2D eigenvalue weighted by atomic mass is 10.2. The highest BCUT2D eigenvalue weighted by Crippen LogP contribution is 2.22. The van der Waals surface area contributed by atoms with E-state index in [1.807, 2.05) is 6.07 Å². The van der Waals surface area contributed by atoms with Crippen molar-refractivity contribution in [3.63, 3.8) is 0 Å². The molecular formula is C18H16F2N4O. The van der Waals surface area contributed by atoms with E-state index in [9.17, 15) is 13.6 Å². The monoisotopic (exact) mass is 342 g/mol. The lowest BCUT2D eigenvalue weighted by molar-refractivity contribution is 0.602. The first-order chi connectivity index (χ1) is 12.0. The van der Waals surface area contributed by atoms with Crippen LogP contribution in [0.2, 0.25) is 0 Å². The number of halogens is 2. The number of nitrogens with zero attached hydrogens (tertiary/aromatic N) is 2. The van der Waals surface area contributed by atoms with Crippen molar-refractivity contribution in [1.82, 2.24) is 15.0 Å². The number of rotatable bonds is 5. The van der Waals surface area contributed by atoms with Crippen molar-refractivity contribution in [2.75, 3.05) is 11.9 Å². The molecule has 0 aliphatic rings. The molecule has 0 radical (unpaired) electrons. The summed E-state index contributed by atoms with van der Waals surface area (Å²) in [5.74, 6) is -0.501. The molecule has 2 heterocycles. The Morgan fingerprint density at radius 1 is 1.12 bits per heavy atom. The van der Waals surface area contributed by atoms with Gasteiger partial charge in [0.2, 0.25) is 5.56 Å². The van der Waals surface area contributed by atoms with Crippen LogP contribution in [0.3, 0.4) is 0 Å². The van der Waals surface area contributed by atoms with E-state index in [-0.39, 0.29) is 16.9 Å². The summed E-state index contributed by atoms with van der Waals surface area (Å²) >= 11 is 0. The van der Waals surface area contributed by atoms with Crippen molar-refractivity contribution in [3.8, 4) is 11.4 Å². The molecule has 0 bridgehead atoms. The summed E-state index contributed by atoms with van der Waals surface area (Å²) in [6.45, 7) is 2.29. The molecule has 0 amide bonds. The van der Waals surface area contributed by atoms with E-state index in [0.717, 1.165) is 23.8 Å². The highest BCUT2D eigenvalue weighted by molar-refractivity contribution is 5.58. The van der Waals surface area contributed by atoms with Crippen LogP contribution in [0, 0.1) is 18.6 Å². The fourth-order valence-electron chi connectivity index (χ4n) is 2.43. The molecule has 0 atom stereocenters. The van der Waals surface area contributed by atoms with Gasteiger partial charge in [-0.1, -0.05) is 0 Å². The maximum atomic E-state index is 13.9. The van der Waals surface area contributed by atoms with Crippen LogP contribution in [0.25, 0.3) is 11.4 Å². The van der Waals surface area contributed by atoms with Crippen LogP contribution in [0.5, 0.6) is 0 Å². The molecule has 0 fully saturated rings. The first-order valence-corrected chi connectivity index (χ1v) is 7.74. The Hall–Kier alpha value is -3.09. The molecule has 0 saturated heterocycles. The normalized spacial score (nSPS) is 10.7. The number of pyridine rings is 1. The molecular weight excluding hydrogens is 326 g/mol. The van der Waals surface area contributed by atoms with Gasteiger partial charge < -0.3 is 10.3 Å². The van der Waals surface area contributed by atoms with Gasteiger partial charge >= 0.3 is 0 Å². The smallest absolute Gasteiger partial charge is 0.248 e. The van der Waals surface area contributed by atoms with Crippen LogP contribution in [0.4, 0.5) is 14.6 Å². The van der Waals surface area contributed by atoms with Gasteiger partial charge in [0.1, 0.15) is 17.5 Å². The average Bonchev–Trinajstić information content (AvgIpc) is 2.57. The predicted molar refractivity (Wildman–Crippen MR) is 91.4 cm³/mol. The number of H-pyrrole nitrogens is 1. The number of anilines is 1. The van der Waals surface area contributed by atoms with Gasteiger partial charge in [-0.05, 0) is 43.2 Å². The fraction of sp³-hybridized carbons (Fsp3) is 0.167. The molecule has 5 nitrogen and oxygen atoms in total. The summed E-state index contributed by atoms with van der Waals surface area (Å²) in [7, 11) is 0. The number of aromatic amines is 1. The predicted octanol–water partition coefficient (Wildman–Crippen LogP) is 3.07. The van der Waals surface area contributed by atoms with Gasteiger partial charge in [0.25, 0.3) is 0 Å². The standard InChI is InChI=1S/C18H16F2N4O/c1-11-8-16(21-6-4-12-5-7-22-17(25)9-12)24-18(23-11)14-10-13(19)2-3-15(14)20/h2-3,5,7-10H,4,6H2,1H3,(H,22,25)(H,21,23,24). The van der Waals surface area contributed by atoms with Crippen molar-refractivity contribution >= 4 is 5.82 Å². The molecule has 1 aromatic carbocycles. The largest absolute Gasteiger partial charge is 0.370 e. The van der Waals surface area contributed by atoms with Gasteiger partial charge in [0.15, 0.2) is 5.82 Å². The zero-order chi connectivity index (χ0) is 17.8. The van der Waals surface area contributed by atoms with Crippen LogP contribution < -0.4 is 10.9 Å². The minimum absolute atomic E-state index is 0.0151. The van der Waals surface area contributed by atoms with Crippen molar-refractivity contribution in [2.45, 2.75) is 13.3 Å². The molecule has 3 aromatic rings.